The molecule has 4 nitrogen and oxygen atoms in total. The first-order chi connectivity index (χ1) is 6.54. The van der Waals surface area contributed by atoms with Gasteiger partial charge in [0.05, 0.1) is 12.5 Å². The van der Waals surface area contributed by atoms with Crippen LogP contribution in [0.25, 0.3) is 11.0 Å². The van der Waals surface area contributed by atoms with E-state index >= 15 is 0 Å². The van der Waals surface area contributed by atoms with E-state index in [-0.39, 0.29) is 0 Å². The minimum atomic E-state index is -3.46. The van der Waals surface area contributed by atoms with Gasteiger partial charge in [-0.25, -0.2) is 0 Å². The molecule has 0 aliphatic carbocycles. The Kier molecular flexibility index (Phi) is 1.96. The first-order valence-electron chi connectivity index (χ1n) is 3.91. The van der Waals surface area contributed by atoms with E-state index in [0.717, 1.165) is 11.6 Å². The van der Waals surface area contributed by atoms with Crippen LogP contribution in [0.5, 0.6) is 5.75 Å². The number of hydrogen-bond acceptors (Lipinski definition) is 4. The van der Waals surface area contributed by atoms with Gasteiger partial charge in [-0.15, -0.1) is 0 Å². The van der Waals surface area contributed by atoms with E-state index < -0.39 is 10.1 Å². The first kappa shape index (κ1) is 9.08. The highest BCUT2D eigenvalue weighted by Gasteiger charge is 2.05. The SMILES string of the molecule is CS(=O)(=O)Oc1ccc2occc2c1. The molecule has 2 aromatic rings. The van der Waals surface area contributed by atoms with Crippen LogP contribution in [-0.4, -0.2) is 14.7 Å². The standard InChI is InChI=1S/C9H8O4S/c1-14(10,11)13-8-2-3-9-7(6-8)4-5-12-9/h2-6H,1H3. The Morgan fingerprint density at radius 1 is 1.29 bits per heavy atom. The van der Waals surface area contributed by atoms with Gasteiger partial charge in [-0.3, -0.25) is 0 Å². The van der Waals surface area contributed by atoms with E-state index in [1.54, 1.807) is 24.3 Å². The Morgan fingerprint density at radius 3 is 2.79 bits per heavy atom. The Hall–Kier alpha value is -1.49. The Bertz CT molecular complexity index is 553. The van der Waals surface area contributed by atoms with Gasteiger partial charge in [0, 0.05) is 5.39 Å². The maximum absolute atomic E-state index is 10.8. The lowest BCUT2D eigenvalue weighted by atomic mass is 10.2. The van der Waals surface area contributed by atoms with Crippen molar-refractivity contribution in [2.24, 2.45) is 0 Å². The molecular formula is C9H8O4S. The minimum absolute atomic E-state index is 0.293. The van der Waals surface area contributed by atoms with E-state index in [1.165, 1.54) is 6.26 Å². The molecule has 0 bridgehead atoms. The van der Waals surface area contributed by atoms with Crippen molar-refractivity contribution >= 4 is 21.1 Å². The van der Waals surface area contributed by atoms with E-state index in [0.29, 0.717) is 11.3 Å². The number of rotatable bonds is 2. The summed E-state index contributed by atoms with van der Waals surface area (Å²) in [5.41, 5.74) is 0.700. The van der Waals surface area contributed by atoms with Crippen molar-refractivity contribution in [3.05, 3.63) is 30.5 Å². The normalized spacial score (nSPS) is 11.8. The highest BCUT2D eigenvalue weighted by atomic mass is 32.2. The van der Waals surface area contributed by atoms with Crippen LogP contribution in [-0.2, 0) is 10.1 Å². The van der Waals surface area contributed by atoms with Crippen LogP contribution in [0.4, 0.5) is 0 Å². The van der Waals surface area contributed by atoms with Crippen molar-refractivity contribution in [2.75, 3.05) is 6.26 Å². The topological polar surface area (TPSA) is 56.5 Å². The molecule has 0 atom stereocenters. The molecule has 0 amide bonds. The van der Waals surface area contributed by atoms with Crippen LogP contribution >= 0.6 is 0 Å². The molecule has 2 rings (SSSR count). The lowest BCUT2D eigenvalue weighted by Crippen LogP contribution is -2.05. The zero-order valence-corrected chi connectivity index (χ0v) is 8.24. The second-order valence-electron chi connectivity index (χ2n) is 2.91. The summed E-state index contributed by atoms with van der Waals surface area (Å²) in [5.74, 6) is 0.293. The summed E-state index contributed by atoms with van der Waals surface area (Å²) in [7, 11) is -3.46. The second-order valence-corrected chi connectivity index (χ2v) is 4.48. The van der Waals surface area contributed by atoms with Crippen molar-refractivity contribution in [3.8, 4) is 5.75 Å². The molecule has 0 saturated carbocycles. The Morgan fingerprint density at radius 2 is 2.07 bits per heavy atom. The molecule has 0 radical (unpaired) electrons. The molecule has 0 aliphatic heterocycles. The molecule has 0 aliphatic rings. The predicted octanol–water partition coefficient (Wildman–Crippen LogP) is 1.77. The maximum atomic E-state index is 10.8. The number of benzene rings is 1. The lowest BCUT2D eigenvalue weighted by Gasteiger charge is -2.01. The van der Waals surface area contributed by atoms with Crippen LogP contribution < -0.4 is 4.18 Å². The predicted molar refractivity (Wildman–Crippen MR) is 51.7 cm³/mol. The number of furan rings is 1. The minimum Gasteiger partial charge on any atom is -0.464 e. The molecule has 14 heavy (non-hydrogen) atoms. The molecule has 0 fully saturated rings. The fraction of sp³-hybridized carbons (Fsp3) is 0.111. The smallest absolute Gasteiger partial charge is 0.306 e. The fourth-order valence-electron chi connectivity index (χ4n) is 1.17. The number of fused-ring (bicyclic) bond motifs is 1. The summed E-state index contributed by atoms with van der Waals surface area (Å²) in [6.45, 7) is 0. The molecule has 1 heterocycles. The molecule has 0 saturated heterocycles. The summed E-state index contributed by atoms with van der Waals surface area (Å²) in [4.78, 5) is 0. The van der Waals surface area contributed by atoms with Gasteiger partial charge in [-0.05, 0) is 24.3 Å². The van der Waals surface area contributed by atoms with Gasteiger partial charge in [0.25, 0.3) is 0 Å². The van der Waals surface area contributed by atoms with Crippen LogP contribution in [0.2, 0.25) is 0 Å². The van der Waals surface area contributed by atoms with Crippen molar-refractivity contribution in [1.82, 2.24) is 0 Å². The molecule has 1 aromatic carbocycles. The third-order valence-electron chi connectivity index (χ3n) is 1.67. The van der Waals surface area contributed by atoms with Crippen molar-refractivity contribution in [3.63, 3.8) is 0 Å². The van der Waals surface area contributed by atoms with Gasteiger partial charge in [0.1, 0.15) is 11.3 Å². The largest absolute Gasteiger partial charge is 0.464 e. The van der Waals surface area contributed by atoms with Crippen LogP contribution in [0.15, 0.2) is 34.9 Å². The highest BCUT2D eigenvalue weighted by molar-refractivity contribution is 7.86. The molecule has 74 valence electrons. The average molecular weight is 212 g/mol. The van der Waals surface area contributed by atoms with Gasteiger partial charge in [0.15, 0.2) is 0 Å². The molecule has 0 N–H and O–H groups in total. The second kappa shape index (κ2) is 3.02. The van der Waals surface area contributed by atoms with Crippen molar-refractivity contribution < 1.29 is 17.0 Å². The third kappa shape index (κ3) is 1.88. The Balaban J connectivity index is 2.44. The van der Waals surface area contributed by atoms with E-state index in [2.05, 4.69) is 0 Å². The molecule has 0 unspecified atom stereocenters. The van der Waals surface area contributed by atoms with Gasteiger partial charge >= 0.3 is 10.1 Å². The van der Waals surface area contributed by atoms with Crippen LogP contribution in [0.3, 0.4) is 0 Å². The molecule has 0 spiro atoms. The number of hydrogen-bond donors (Lipinski definition) is 0. The zero-order chi connectivity index (χ0) is 10.2. The highest BCUT2D eigenvalue weighted by Crippen LogP contribution is 2.22. The average Bonchev–Trinajstić information content (AvgIpc) is 2.47. The zero-order valence-electron chi connectivity index (χ0n) is 7.43. The molecular weight excluding hydrogens is 204 g/mol. The summed E-state index contributed by atoms with van der Waals surface area (Å²) < 4.78 is 31.5. The first-order valence-corrected chi connectivity index (χ1v) is 5.73. The van der Waals surface area contributed by atoms with Crippen molar-refractivity contribution in [1.29, 1.82) is 0 Å². The monoisotopic (exact) mass is 212 g/mol. The van der Waals surface area contributed by atoms with Crippen molar-refractivity contribution in [2.45, 2.75) is 0 Å². The van der Waals surface area contributed by atoms with Gasteiger partial charge in [-0.1, -0.05) is 0 Å². The van der Waals surface area contributed by atoms with Gasteiger partial charge in [-0.2, -0.15) is 8.42 Å². The lowest BCUT2D eigenvalue weighted by molar-refractivity contribution is 0.493. The third-order valence-corrected chi connectivity index (χ3v) is 2.17. The maximum Gasteiger partial charge on any atom is 0.306 e. The van der Waals surface area contributed by atoms with Gasteiger partial charge in [0.2, 0.25) is 0 Å². The molecule has 5 heteroatoms. The van der Waals surface area contributed by atoms with E-state index in [4.69, 9.17) is 8.60 Å². The van der Waals surface area contributed by atoms with E-state index in [9.17, 15) is 8.42 Å². The summed E-state index contributed by atoms with van der Waals surface area (Å²) in [6.07, 6.45) is 2.54. The fourth-order valence-corrected chi connectivity index (χ4v) is 1.62. The Labute approximate surface area is 81.2 Å². The quantitative estimate of drug-likeness (QED) is 0.712. The summed E-state index contributed by atoms with van der Waals surface area (Å²) in [6, 6.07) is 6.56. The molecule has 1 aromatic heterocycles. The summed E-state index contributed by atoms with van der Waals surface area (Å²) >= 11 is 0. The van der Waals surface area contributed by atoms with Crippen LogP contribution in [0.1, 0.15) is 0 Å². The summed E-state index contributed by atoms with van der Waals surface area (Å²) in [5, 5.41) is 0.811. The van der Waals surface area contributed by atoms with Crippen LogP contribution in [0, 0.1) is 0 Å². The van der Waals surface area contributed by atoms with Gasteiger partial charge < -0.3 is 8.60 Å². The van der Waals surface area contributed by atoms with E-state index in [1.807, 2.05) is 0 Å².